The molecule has 5 heteroatoms. The summed E-state index contributed by atoms with van der Waals surface area (Å²) >= 11 is 0. The first-order valence-corrected chi connectivity index (χ1v) is 10.6. The third kappa shape index (κ3) is 3.24. The predicted octanol–water partition coefficient (Wildman–Crippen LogP) is 4.79. The zero-order valence-corrected chi connectivity index (χ0v) is 17.5. The molecule has 1 atom stereocenters. The van der Waals surface area contributed by atoms with Crippen LogP contribution in [0.1, 0.15) is 42.1 Å². The van der Waals surface area contributed by atoms with Crippen molar-refractivity contribution < 1.29 is 9.53 Å². The second kappa shape index (κ2) is 7.56. The molecule has 0 radical (unpaired) electrons. The number of hydrogen-bond donors (Lipinski definition) is 2. The summed E-state index contributed by atoms with van der Waals surface area (Å²) < 4.78 is 7.53. The van der Waals surface area contributed by atoms with Crippen LogP contribution in [-0.4, -0.2) is 22.6 Å². The third-order valence-corrected chi connectivity index (χ3v) is 6.35. The van der Waals surface area contributed by atoms with Crippen molar-refractivity contribution in [1.82, 2.24) is 14.9 Å². The molecule has 1 aliphatic carbocycles. The molecular formula is C25H27N3O2. The molecule has 0 saturated carbocycles. The van der Waals surface area contributed by atoms with E-state index in [0.717, 1.165) is 42.6 Å². The molecule has 0 saturated heterocycles. The van der Waals surface area contributed by atoms with Crippen LogP contribution in [0.5, 0.6) is 5.75 Å². The second-order valence-corrected chi connectivity index (χ2v) is 8.22. The van der Waals surface area contributed by atoms with Crippen molar-refractivity contribution in [2.45, 2.75) is 38.1 Å². The number of benzene rings is 2. The number of aromatic amines is 1. The quantitative estimate of drug-likeness (QED) is 0.505. The first kappa shape index (κ1) is 18.8. The van der Waals surface area contributed by atoms with Gasteiger partial charge in [-0.25, -0.2) is 0 Å². The molecule has 0 spiro atoms. The van der Waals surface area contributed by atoms with Gasteiger partial charge in [-0.3, -0.25) is 4.79 Å². The normalized spacial score (nSPS) is 16.0. The summed E-state index contributed by atoms with van der Waals surface area (Å²) in [6.07, 6.45) is 6.46. The number of nitrogens with zero attached hydrogens (tertiary/aromatic N) is 1. The number of fused-ring (bicyclic) bond motifs is 4. The number of nitrogens with one attached hydrogen (secondary N) is 2. The minimum atomic E-state index is 0.0483. The highest BCUT2D eigenvalue weighted by molar-refractivity contribution is 5.87. The lowest BCUT2D eigenvalue weighted by molar-refractivity contribution is -0.121. The van der Waals surface area contributed by atoms with Crippen LogP contribution in [0.3, 0.4) is 0 Å². The van der Waals surface area contributed by atoms with Gasteiger partial charge in [-0.15, -0.1) is 0 Å². The van der Waals surface area contributed by atoms with Crippen LogP contribution in [0, 0.1) is 0 Å². The number of aromatic nitrogens is 2. The molecule has 30 heavy (non-hydrogen) atoms. The summed E-state index contributed by atoms with van der Waals surface area (Å²) in [6.45, 7) is 0. The highest BCUT2D eigenvalue weighted by Gasteiger charge is 2.25. The Bertz CT molecular complexity index is 1230. The van der Waals surface area contributed by atoms with Gasteiger partial charge in [0, 0.05) is 47.2 Å². The fourth-order valence-electron chi connectivity index (χ4n) is 4.85. The number of hydrogen-bond acceptors (Lipinski definition) is 2. The molecule has 0 bridgehead atoms. The van der Waals surface area contributed by atoms with E-state index in [0.29, 0.717) is 6.42 Å². The minimum absolute atomic E-state index is 0.0483. The number of amides is 1. The van der Waals surface area contributed by atoms with Crippen LogP contribution in [-0.2, 0) is 24.7 Å². The van der Waals surface area contributed by atoms with Gasteiger partial charge >= 0.3 is 0 Å². The average Bonchev–Trinajstić information content (AvgIpc) is 3.30. The molecule has 2 N–H and O–H groups in total. The standard InChI is InChI=1S/C25H27N3O2/c1-28-15-16(18-6-3-4-9-23(18)28)10-13-24(29)26-22-8-5-7-19-20-14-17(30-2)11-12-21(20)27-25(19)22/h3-4,6,9,11-12,14-15,22,27H,5,7-8,10,13H2,1-2H3,(H,26,29)/t22-/m0/s1. The summed E-state index contributed by atoms with van der Waals surface area (Å²) in [7, 11) is 3.75. The molecule has 2 heterocycles. The van der Waals surface area contributed by atoms with Gasteiger partial charge < -0.3 is 19.6 Å². The first-order valence-electron chi connectivity index (χ1n) is 10.6. The molecule has 0 unspecified atom stereocenters. The van der Waals surface area contributed by atoms with E-state index in [2.05, 4.69) is 64.5 Å². The molecule has 2 aromatic carbocycles. The molecule has 154 valence electrons. The number of carbonyl (C=O) groups is 1. The molecule has 2 aromatic heterocycles. The fraction of sp³-hybridized carbons (Fsp3) is 0.320. The highest BCUT2D eigenvalue weighted by Crippen LogP contribution is 2.36. The second-order valence-electron chi connectivity index (χ2n) is 8.22. The lowest BCUT2D eigenvalue weighted by atomic mass is 9.91. The number of aryl methyl sites for hydroxylation is 3. The smallest absolute Gasteiger partial charge is 0.220 e. The van der Waals surface area contributed by atoms with Gasteiger partial charge in [0.05, 0.1) is 13.2 Å². The van der Waals surface area contributed by atoms with Crippen LogP contribution in [0.15, 0.2) is 48.7 Å². The van der Waals surface area contributed by atoms with E-state index in [-0.39, 0.29) is 11.9 Å². The lowest BCUT2D eigenvalue weighted by Crippen LogP contribution is -2.31. The zero-order valence-electron chi connectivity index (χ0n) is 17.5. The topological polar surface area (TPSA) is 59.0 Å². The minimum Gasteiger partial charge on any atom is -0.497 e. The van der Waals surface area contributed by atoms with Gasteiger partial charge in [0.1, 0.15) is 5.75 Å². The van der Waals surface area contributed by atoms with Gasteiger partial charge in [0.2, 0.25) is 5.91 Å². The van der Waals surface area contributed by atoms with Crippen LogP contribution in [0.4, 0.5) is 0 Å². The number of para-hydroxylation sites is 1. The molecule has 5 nitrogen and oxygen atoms in total. The van der Waals surface area contributed by atoms with E-state index in [1.807, 2.05) is 6.07 Å². The fourth-order valence-corrected chi connectivity index (χ4v) is 4.85. The molecular weight excluding hydrogens is 374 g/mol. The Morgan fingerprint density at radius 2 is 2.10 bits per heavy atom. The summed E-state index contributed by atoms with van der Waals surface area (Å²) in [6, 6.07) is 14.5. The van der Waals surface area contributed by atoms with Gasteiger partial charge in [0.15, 0.2) is 0 Å². The monoisotopic (exact) mass is 401 g/mol. The van der Waals surface area contributed by atoms with Crippen LogP contribution < -0.4 is 10.1 Å². The largest absolute Gasteiger partial charge is 0.497 e. The maximum absolute atomic E-state index is 12.8. The van der Waals surface area contributed by atoms with Crippen molar-refractivity contribution in [2.24, 2.45) is 7.05 Å². The summed E-state index contributed by atoms with van der Waals surface area (Å²) in [5, 5.41) is 5.72. The predicted molar refractivity (Wildman–Crippen MR) is 120 cm³/mol. The molecule has 0 fully saturated rings. The molecule has 4 aromatic rings. The van der Waals surface area contributed by atoms with E-state index < -0.39 is 0 Å². The number of ether oxygens (including phenoxy) is 1. The SMILES string of the molecule is COc1ccc2[nH]c3c(c2c1)CCC[C@@H]3NC(=O)CCc1cn(C)c2ccccc12. The summed E-state index contributed by atoms with van der Waals surface area (Å²) in [5.74, 6) is 0.975. The zero-order chi connectivity index (χ0) is 20.7. The average molecular weight is 402 g/mol. The van der Waals surface area contributed by atoms with Crippen molar-refractivity contribution in [3.8, 4) is 5.75 Å². The van der Waals surface area contributed by atoms with Crippen molar-refractivity contribution in [3.63, 3.8) is 0 Å². The van der Waals surface area contributed by atoms with E-state index >= 15 is 0 Å². The Kier molecular flexibility index (Phi) is 4.74. The number of H-pyrrole nitrogens is 1. The number of carbonyl (C=O) groups excluding carboxylic acids is 1. The van der Waals surface area contributed by atoms with Gasteiger partial charge in [0.25, 0.3) is 0 Å². The van der Waals surface area contributed by atoms with Crippen molar-refractivity contribution >= 4 is 27.7 Å². The molecule has 1 aliphatic rings. The summed E-state index contributed by atoms with van der Waals surface area (Å²) in [5.41, 5.74) is 6.01. The van der Waals surface area contributed by atoms with E-state index in [1.54, 1.807) is 7.11 Å². The molecule has 5 rings (SSSR count). The van der Waals surface area contributed by atoms with Crippen LogP contribution >= 0.6 is 0 Å². The number of rotatable bonds is 5. The Labute approximate surface area is 176 Å². The third-order valence-electron chi connectivity index (χ3n) is 6.35. The van der Waals surface area contributed by atoms with Crippen molar-refractivity contribution in [2.75, 3.05) is 7.11 Å². The van der Waals surface area contributed by atoms with E-state index in [1.165, 1.54) is 27.4 Å². The first-order chi connectivity index (χ1) is 14.6. The molecule has 1 amide bonds. The van der Waals surface area contributed by atoms with Gasteiger partial charge in [-0.2, -0.15) is 0 Å². The maximum atomic E-state index is 12.8. The van der Waals surface area contributed by atoms with Crippen LogP contribution in [0.2, 0.25) is 0 Å². The Morgan fingerprint density at radius 1 is 1.23 bits per heavy atom. The van der Waals surface area contributed by atoms with Crippen LogP contribution in [0.25, 0.3) is 21.8 Å². The van der Waals surface area contributed by atoms with Crippen molar-refractivity contribution in [3.05, 3.63) is 65.5 Å². The highest BCUT2D eigenvalue weighted by atomic mass is 16.5. The number of methoxy groups -OCH3 is 1. The van der Waals surface area contributed by atoms with Crippen molar-refractivity contribution in [1.29, 1.82) is 0 Å². The van der Waals surface area contributed by atoms with E-state index in [4.69, 9.17) is 4.74 Å². The Hall–Kier alpha value is -3.21. The Morgan fingerprint density at radius 3 is 2.97 bits per heavy atom. The van der Waals surface area contributed by atoms with Gasteiger partial charge in [-0.05, 0) is 61.1 Å². The maximum Gasteiger partial charge on any atom is 0.220 e. The lowest BCUT2D eigenvalue weighted by Gasteiger charge is -2.24. The van der Waals surface area contributed by atoms with E-state index in [9.17, 15) is 4.79 Å². The summed E-state index contributed by atoms with van der Waals surface area (Å²) in [4.78, 5) is 16.4. The van der Waals surface area contributed by atoms with Gasteiger partial charge in [-0.1, -0.05) is 18.2 Å². The Balaban J connectivity index is 1.32. The molecule has 0 aliphatic heterocycles.